The van der Waals surface area contributed by atoms with Crippen LogP contribution in [0, 0.1) is 11.3 Å². The average Bonchev–Trinajstić information content (AvgIpc) is 2.07. The molecule has 0 saturated carbocycles. The maximum absolute atomic E-state index is 8.45. The van der Waals surface area contributed by atoms with E-state index < -0.39 is 0 Å². The number of hydrazone groups is 1. The summed E-state index contributed by atoms with van der Waals surface area (Å²) in [5, 5.41) is 11.8. The number of nitrogens with two attached hydrogens (primary N) is 1. The number of hydrogen-bond donors (Lipinski definition) is 1. The Bertz CT molecular complexity index is 292. The lowest BCUT2D eigenvalue weighted by molar-refractivity contribution is 1.26. The molecule has 3 nitrogen and oxygen atoms in total. The molecule has 0 spiro atoms. The number of rotatable bonds is 1. The second-order valence-corrected chi connectivity index (χ2v) is 2.01. The van der Waals surface area contributed by atoms with Crippen LogP contribution in [-0.2, 0) is 0 Å². The molecule has 0 fully saturated rings. The largest absolute Gasteiger partial charge is 0.323 e. The van der Waals surface area contributed by atoms with Crippen molar-refractivity contribution in [3.05, 3.63) is 35.4 Å². The third-order valence-corrected chi connectivity index (χ3v) is 1.26. The van der Waals surface area contributed by atoms with Gasteiger partial charge in [-0.3, -0.25) is 0 Å². The first-order valence-corrected chi connectivity index (χ1v) is 3.10. The van der Waals surface area contributed by atoms with Crippen molar-refractivity contribution in [2.24, 2.45) is 10.9 Å². The zero-order chi connectivity index (χ0) is 8.10. The fraction of sp³-hybridized carbons (Fsp3) is 0. The highest BCUT2D eigenvalue weighted by Crippen LogP contribution is 1.99. The Morgan fingerprint density at radius 1 is 1.36 bits per heavy atom. The SMILES string of the molecule is N#Cc1ccc(/C=N\N)cc1. The smallest absolute Gasteiger partial charge is 0.0991 e. The first-order chi connectivity index (χ1) is 5.36. The molecular weight excluding hydrogens is 138 g/mol. The maximum atomic E-state index is 8.45. The first kappa shape index (κ1) is 7.29. The van der Waals surface area contributed by atoms with E-state index in [2.05, 4.69) is 5.10 Å². The van der Waals surface area contributed by atoms with Crippen LogP contribution in [0.2, 0.25) is 0 Å². The second-order valence-electron chi connectivity index (χ2n) is 2.01. The number of nitriles is 1. The summed E-state index contributed by atoms with van der Waals surface area (Å²) >= 11 is 0. The molecule has 0 unspecified atom stereocenters. The molecule has 0 bridgehead atoms. The van der Waals surface area contributed by atoms with Crippen molar-refractivity contribution in [2.75, 3.05) is 0 Å². The third kappa shape index (κ3) is 1.80. The van der Waals surface area contributed by atoms with E-state index in [1.807, 2.05) is 6.07 Å². The minimum absolute atomic E-state index is 0.638. The molecule has 1 rings (SSSR count). The molecular formula is C8H7N3. The van der Waals surface area contributed by atoms with Gasteiger partial charge < -0.3 is 5.84 Å². The van der Waals surface area contributed by atoms with Gasteiger partial charge >= 0.3 is 0 Å². The quantitative estimate of drug-likeness (QED) is 0.361. The summed E-state index contributed by atoms with van der Waals surface area (Å²) in [5.74, 6) is 4.94. The summed E-state index contributed by atoms with van der Waals surface area (Å²) < 4.78 is 0. The lowest BCUT2D eigenvalue weighted by Gasteiger charge is -1.89. The molecule has 0 saturated heterocycles. The van der Waals surface area contributed by atoms with Crippen molar-refractivity contribution in [2.45, 2.75) is 0 Å². The van der Waals surface area contributed by atoms with Crippen LogP contribution in [0.3, 0.4) is 0 Å². The summed E-state index contributed by atoms with van der Waals surface area (Å²) in [7, 11) is 0. The number of benzene rings is 1. The van der Waals surface area contributed by atoms with Crippen molar-refractivity contribution in [1.82, 2.24) is 0 Å². The molecule has 54 valence electrons. The molecule has 11 heavy (non-hydrogen) atoms. The normalized spacial score (nSPS) is 9.73. The summed E-state index contributed by atoms with van der Waals surface area (Å²) in [5.41, 5.74) is 1.53. The van der Waals surface area contributed by atoms with Gasteiger partial charge in [0.2, 0.25) is 0 Å². The summed E-state index contributed by atoms with van der Waals surface area (Å²) in [6.45, 7) is 0. The van der Waals surface area contributed by atoms with E-state index in [-0.39, 0.29) is 0 Å². The molecule has 1 aromatic carbocycles. The van der Waals surface area contributed by atoms with Gasteiger partial charge in [0.1, 0.15) is 0 Å². The van der Waals surface area contributed by atoms with Gasteiger partial charge in [-0.25, -0.2) is 0 Å². The topological polar surface area (TPSA) is 62.2 Å². The summed E-state index contributed by atoms with van der Waals surface area (Å²) in [6.07, 6.45) is 1.53. The van der Waals surface area contributed by atoms with Gasteiger partial charge in [-0.2, -0.15) is 10.4 Å². The van der Waals surface area contributed by atoms with Gasteiger partial charge in [0.05, 0.1) is 17.8 Å². The Balaban J connectivity index is 2.94. The van der Waals surface area contributed by atoms with Crippen LogP contribution < -0.4 is 5.84 Å². The first-order valence-electron chi connectivity index (χ1n) is 3.10. The van der Waals surface area contributed by atoms with Gasteiger partial charge in [-0.15, -0.1) is 0 Å². The van der Waals surface area contributed by atoms with Crippen molar-refractivity contribution in [3.63, 3.8) is 0 Å². The zero-order valence-electron chi connectivity index (χ0n) is 5.86. The Labute approximate surface area is 64.8 Å². The highest BCUT2D eigenvalue weighted by atomic mass is 15.1. The molecule has 0 aromatic heterocycles. The van der Waals surface area contributed by atoms with Gasteiger partial charge in [-0.05, 0) is 17.7 Å². The van der Waals surface area contributed by atoms with Crippen LogP contribution in [0.5, 0.6) is 0 Å². The van der Waals surface area contributed by atoms with E-state index in [9.17, 15) is 0 Å². The minimum atomic E-state index is 0.638. The van der Waals surface area contributed by atoms with Gasteiger partial charge in [0.25, 0.3) is 0 Å². The molecule has 0 aliphatic rings. The van der Waals surface area contributed by atoms with E-state index in [1.54, 1.807) is 24.3 Å². The summed E-state index contributed by atoms with van der Waals surface area (Å²) in [6, 6.07) is 9.03. The molecule has 0 amide bonds. The molecule has 0 aliphatic carbocycles. The van der Waals surface area contributed by atoms with Crippen molar-refractivity contribution < 1.29 is 0 Å². The molecule has 3 heteroatoms. The zero-order valence-corrected chi connectivity index (χ0v) is 5.86. The molecule has 0 heterocycles. The minimum Gasteiger partial charge on any atom is -0.323 e. The number of hydrogen-bond acceptors (Lipinski definition) is 3. The maximum Gasteiger partial charge on any atom is 0.0991 e. The molecule has 0 aliphatic heterocycles. The predicted octanol–water partition coefficient (Wildman–Crippen LogP) is 0.851. The van der Waals surface area contributed by atoms with Gasteiger partial charge in [0.15, 0.2) is 0 Å². The van der Waals surface area contributed by atoms with Crippen molar-refractivity contribution >= 4 is 6.21 Å². The van der Waals surface area contributed by atoms with Crippen LogP contribution in [0.1, 0.15) is 11.1 Å². The molecule has 2 N–H and O–H groups in total. The number of nitrogens with zero attached hydrogens (tertiary/aromatic N) is 2. The van der Waals surface area contributed by atoms with Crippen LogP contribution in [0.4, 0.5) is 0 Å². The van der Waals surface area contributed by atoms with Crippen LogP contribution >= 0.6 is 0 Å². The van der Waals surface area contributed by atoms with Gasteiger partial charge in [0, 0.05) is 0 Å². The highest BCUT2D eigenvalue weighted by Gasteiger charge is 1.88. The van der Waals surface area contributed by atoms with Crippen LogP contribution in [0.25, 0.3) is 0 Å². The molecule has 0 radical (unpaired) electrons. The van der Waals surface area contributed by atoms with Crippen molar-refractivity contribution in [3.8, 4) is 6.07 Å². The van der Waals surface area contributed by atoms with E-state index in [1.165, 1.54) is 6.21 Å². The Kier molecular flexibility index (Phi) is 2.24. The summed E-state index contributed by atoms with van der Waals surface area (Å²) in [4.78, 5) is 0. The Hall–Kier alpha value is -1.82. The molecule has 0 atom stereocenters. The fourth-order valence-electron chi connectivity index (χ4n) is 0.730. The Morgan fingerprint density at radius 3 is 2.45 bits per heavy atom. The van der Waals surface area contributed by atoms with E-state index in [4.69, 9.17) is 11.1 Å². The highest BCUT2D eigenvalue weighted by molar-refractivity contribution is 5.79. The van der Waals surface area contributed by atoms with E-state index >= 15 is 0 Å². The standard InChI is InChI=1S/C8H7N3/c9-5-7-1-3-8(4-2-7)6-11-10/h1-4,6H,10H2/b11-6-. The molecule has 1 aromatic rings. The second kappa shape index (κ2) is 3.37. The Morgan fingerprint density at radius 2 is 2.00 bits per heavy atom. The third-order valence-electron chi connectivity index (χ3n) is 1.26. The average molecular weight is 145 g/mol. The van der Waals surface area contributed by atoms with E-state index in [0.29, 0.717) is 5.56 Å². The fourth-order valence-corrected chi connectivity index (χ4v) is 0.730. The monoisotopic (exact) mass is 145 g/mol. The van der Waals surface area contributed by atoms with Gasteiger partial charge in [-0.1, -0.05) is 12.1 Å². The van der Waals surface area contributed by atoms with Crippen LogP contribution in [0.15, 0.2) is 29.4 Å². The van der Waals surface area contributed by atoms with Crippen LogP contribution in [-0.4, -0.2) is 6.21 Å². The predicted molar refractivity (Wildman–Crippen MR) is 42.9 cm³/mol. The van der Waals surface area contributed by atoms with E-state index in [0.717, 1.165) is 5.56 Å². The van der Waals surface area contributed by atoms with Crippen molar-refractivity contribution in [1.29, 1.82) is 5.26 Å². The lowest BCUT2D eigenvalue weighted by Crippen LogP contribution is -1.85. The lowest BCUT2D eigenvalue weighted by atomic mass is 10.2.